The fraction of sp³-hybridized carbons (Fsp3) is 0.727. The molecule has 1 atom stereocenters. The highest BCUT2D eigenvalue weighted by Crippen LogP contribution is 2.18. The summed E-state index contributed by atoms with van der Waals surface area (Å²) in [5, 5.41) is 8.85. The molecule has 4 heteroatoms. The zero-order valence-electron chi connectivity index (χ0n) is 31.5. The molecule has 0 aliphatic rings. The maximum absolute atomic E-state index is 12.6. The summed E-state index contributed by atoms with van der Waals surface area (Å²) in [5.41, 5.74) is 0. The maximum Gasteiger partial charge on any atom is 0.306 e. The van der Waals surface area contributed by atoms with Gasteiger partial charge in [0.1, 0.15) is 6.10 Å². The van der Waals surface area contributed by atoms with Gasteiger partial charge in [0.25, 0.3) is 0 Å². The van der Waals surface area contributed by atoms with Crippen molar-refractivity contribution in [3.63, 3.8) is 0 Å². The number of hydrogen-bond acceptors (Lipinski definition) is 3. The number of esters is 1. The number of carbonyl (C=O) groups is 2. The monoisotopic (exact) mass is 669 g/mol. The third kappa shape index (κ3) is 38.1. The van der Waals surface area contributed by atoms with Crippen molar-refractivity contribution in [3.8, 4) is 0 Å². The molecule has 0 amide bonds. The summed E-state index contributed by atoms with van der Waals surface area (Å²) in [6.07, 6.45) is 53.8. The van der Waals surface area contributed by atoms with Crippen LogP contribution in [0.2, 0.25) is 0 Å². The number of allylic oxidation sites excluding steroid dienone is 10. The van der Waals surface area contributed by atoms with Gasteiger partial charge in [0.05, 0.1) is 0 Å². The summed E-state index contributed by atoms with van der Waals surface area (Å²) in [7, 11) is 0. The predicted octanol–water partition coefficient (Wildman–Crippen LogP) is 14.1. The van der Waals surface area contributed by atoms with E-state index in [2.05, 4.69) is 74.6 Å². The lowest BCUT2D eigenvalue weighted by Gasteiger charge is -2.18. The number of unbranched alkanes of at least 4 members (excludes halogenated alkanes) is 17. The molecule has 276 valence electrons. The van der Waals surface area contributed by atoms with Crippen LogP contribution in [0.25, 0.3) is 0 Å². The predicted molar refractivity (Wildman–Crippen MR) is 208 cm³/mol. The van der Waals surface area contributed by atoms with Crippen molar-refractivity contribution in [2.75, 3.05) is 0 Å². The van der Waals surface area contributed by atoms with Gasteiger partial charge in [0, 0.05) is 12.8 Å². The first-order chi connectivity index (χ1) is 23.6. The number of hydrogen-bond donors (Lipinski definition) is 1. The smallest absolute Gasteiger partial charge is 0.306 e. The largest absolute Gasteiger partial charge is 0.481 e. The second-order valence-electron chi connectivity index (χ2n) is 13.4. The molecule has 0 heterocycles. The Morgan fingerprint density at radius 1 is 0.479 bits per heavy atom. The first-order valence-electron chi connectivity index (χ1n) is 20.3. The molecule has 0 rings (SSSR count). The van der Waals surface area contributed by atoms with Crippen LogP contribution in [-0.4, -0.2) is 23.1 Å². The summed E-state index contributed by atoms with van der Waals surface area (Å²) in [4.78, 5) is 23.4. The summed E-state index contributed by atoms with van der Waals surface area (Å²) in [6, 6.07) is 0. The minimum atomic E-state index is -0.715. The van der Waals surface area contributed by atoms with Crippen LogP contribution in [-0.2, 0) is 14.3 Å². The molecule has 0 aromatic heterocycles. The quantitative estimate of drug-likeness (QED) is 0.0410. The van der Waals surface area contributed by atoms with Crippen LogP contribution in [0.3, 0.4) is 0 Å². The molecule has 0 aromatic carbocycles. The fourth-order valence-corrected chi connectivity index (χ4v) is 5.80. The van der Waals surface area contributed by atoms with Crippen LogP contribution in [0.4, 0.5) is 0 Å². The third-order valence-electron chi connectivity index (χ3n) is 8.75. The minimum Gasteiger partial charge on any atom is -0.481 e. The Kier molecular flexibility index (Phi) is 37.2. The zero-order valence-corrected chi connectivity index (χ0v) is 31.5. The molecule has 4 nitrogen and oxygen atoms in total. The molecule has 0 spiro atoms. The van der Waals surface area contributed by atoms with Crippen molar-refractivity contribution < 1.29 is 19.4 Å². The second kappa shape index (κ2) is 39.1. The standard InChI is InChI=1S/C44H76O4/c1-3-5-7-9-11-13-15-16-17-18-19-20-21-22-23-24-25-27-29-31-37-41-44(47)48-42(39-35-32-33-36-40-43(45)46)38-34-30-28-26-14-12-10-8-6-4-2/h5,7,11,13,16-17,19-20,22-23,42H,3-4,6,8-10,12,14-15,18,21,24-41H2,1-2H3,(H,45,46)/b7-5-,13-11-,17-16-,20-19-,23-22-. The van der Waals surface area contributed by atoms with E-state index in [0.29, 0.717) is 6.42 Å². The molecular formula is C44H76O4. The molecule has 0 aromatic rings. The highest BCUT2D eigenvalue weighted by atomic mass is 16.5. The van der Waals surface area contributed by atoms with Crippen molar-refractivity contribution >= 4 is 11.9 Å². The normalized spacial score (nSPS) is 12.9. The maximum atomic E-state index is 12.6. The number of carboxylic acids is 1. The van der Waals surface area contributed by atoms with Gasteiger partial charge in [-0.05, 0) is 83.5 Å². The second-order valence-corrected chi connectivity index (χ2v) is 13.4. The molecule has 0 radical (unpaired) electrons. The van der Waals surface area contributed by atoms with E-state index in [9.17, 15) is 9.59 Å². The molecule has 0 bridgehead atoms. The molecule has 0 aliphatic heterocycles. The average molecular weight is 669 g/mol. The molecule has 0 fully saturated rings. The van der Waals surface area contributed by atoms with E-state index in [0.717, 1.165) is 96.3 Å². The topological polar surface area (TPSA) is 63.6 Å². The molecule has 0 aliphatic carbocycles. The van der Waals surface area contributed by atoms with Crippen LogP contribution in [0.5, 0.6) is 0 Å². The fourth-order valence-electron chi connectivity index (χ4n) is 5.80. The summed E-state index contributed by atoms with van der Waals surface area (Å²) >= 11 is 0. The lowest BCUT2D eigenvalue weighted by Crippen LogP contribution is -2.18. The van der Waals surface area contributed by atoms with Gasteiger partial charge in [-0.1, -0.05) is 164 Å². The van der Waals surface area contributed by atoms with E-state index in [1.807, 2.05) is 0 Å². The number of carboxylic acid groups (broad SMARTS) is 1. The number of aliphatic carboxylic acids is 1. The lowest BCUT2D eigenvalue weighted by atomic mass is 10.0. The van der Waals surface area contributed by atoms with Crippen LogP contribution in [0.15, 0.2) is 60.8 Å². The van der Waals surface area contributed by atoms with Gasteiger partial charge in [-0.2, -0.15) is 0 Å². The first kappa shape index (κ1) is 45.6. The van der Waals surface area contributed by atoms with Crippen molar-refractivity contribution in [3.05, 3.63) is 60.8 Å². The first-order valence-corrected chi connectivity index (χ1v) is 20.3. The van der Waals surface area contributed by atoms with Crippen molar-refractivity contribution in [2.45, 2.75) is 206 Å². The number of rotatable bonds is 36. The van der Waals surface area contributed by atoms with Crippen LogP contribution in [0.1, 0.15) is 200 Å². The molecule has 0 saturated heterocycles. The average Bonchev–Trinajstić information content (AvgIpc) is 3.07. The minimum absolute atomic E-state index is 0.0227. The van der Waals surface area contributed by atoms with Crippen molar-refractivity contribution in [2.24, 2.45) is 0 Å². The van der Waals surface area contributed by atoms with E-state index in [4.69, 9.17) is 9.84 Å². The molecule has 48 heavy (non-hydrogen) atoms. The third-order valence-corrected chi connectivity index (χ3v) is 8.75. The van der Waals surface area contributed by atoms with Crippen LogP contribution in [0, 0.1) is 0 Å². The number of ether oxygens (including phenoxy) is 1. The van der Waals surface area contributed by atoms with Crippen LogP contribution < -0.4 is 0 Å². The summed E-state index contributed by atoms with van der Waals surface area (Å²) in [5.74, 6) is -0.746. The van der Waals surface area contributed by atoms with Gasteiger partial charge in [-0.25, -0.2) is 0 Å². The van der Waals surface area contributed by atoms with Gasteiger partial charge >= 0.3 is 11.9 Å². The Bertz CT molecular complexity index is 850. The Morgan fingerprint density at radius 2 is 0.875 bits per heavy atom. The highest BCUT2D eigenvalue weighted by molar-refractivity contribution is 5.69. The SMILES string of the molecule is CC/C=C\C/C=C\C/C=C\C/C=C\C/C=C\CCCCCCCC(=O)OC(CCCCCCCCCCCC)CCCCCCC(=O)O. The summed E-state index contributed by atoms with van der Waals surface area (Å²) < 4.78 is 5.97. The Labute approximate surface area is 297 Å². The van der Waals surface area contributed by atoms with E-state index in [-0.39, 0.29) is 18.5 Å². The van der Waals surface area contributed by atoms with E-state index in [1.54, 1.807) is 0 Å². The van der Waals surface area contributed by atoms with Crippen LogP contribution >= 0.6 is 0 Å². The van der Waals surface area contributed by atoms with Gasteiger partial charge < -0.3 is 9.84 Å². The van der Waals surface area contributed by atoms with Gasteiger partial charge in [-0.3, -0.25) is 9.59 Å². The Hall–Kier alpha value is -2.36. The van der Waals surface area contributed by atoms with E-state index < -0.39 is 5.97 Å². The van der Waals surface area contributed by atoms with Gasteiger partial charge in [0.15, 0.2) is 0 Å². The van der Waals surface area contributed by atoms with Gasteiger partial charge in [-0.15, -0.1) is 0 Å². The lowest BCUT2D eigenvalue weighted by molar-refractivity contribution is -0.150. The molecule has 0 saturated carbocycles. The summed E-state index contributed by atoms with van der Waals surface area (Å²) in [6.45, 7) is 4.43. The molecule has 1 unspecified atom stereocenters. The van der Waals surface area contributed by atoms with Crippen molar-refractivity contribution in [1.82, 2.24) is 0 Å². The van der Waals surface area contributed by atoms with E-state index >= 15 is 0 Å². The highest BCUT2D eigenvalue weighted by Gasteiger charge is 2.14. The van der Waals surface area contributed by atoms with Gasteiger partial charge in [0.2, 0.25) is 0 Å². The zero-order chi connectivity index (χ0) is 35.0. The van der Waals surface area contributed by atoms with E-state index in [1.165, 1.54) is 77.0 Å². The Morgan fingerprint density at radius 3 is 1.35 bits per heavy atom. The molecular weight excluding hydrogens is 592 g/mol. The van der Waals surface area contributed by atoms with Crippen molar-refractivity contribution in [1.29, 1.82) is 0 Å². The molecule has 1 N–H and O–H groups in total. The Balaban J connectivity index is 3.99. The number of carbonyl (C=O) groups excluding carboxylic acids is 1.